The molecule has 0 aliphatic rings. The lowest BCUT2D eigenvalue weighted by Crippen LogP contribution is -1.90. The van der Waals surface area contributed by atoms with Gasteiger partial charge in [-0.2, -0.15) is 0 Å². The van der Waals surface area contributed by atoms with Gasteiger partial charge in [0.15, 0.2) is 0 Å². The van der Waals surface area contributed by atoms with Crippen molar-refractivity contribution in [2.24, 2.45) is 0 Å². The molecule has 0 N–H and O–H groups in total. The van der Waals surface area contributed by atoms with Crippen molar-refractivity contribution in [3.05, 3.63) is 29.1 Å². The Kier molecular flexibility index (Phi) is 5.12. The molecule has 1 aromatic rings. The molecule has 13 heavy (non-hydrogen) atoms. The highest BCUT2D eigenvalue weighted by atomic mass is 19.1. The first-order valence-electron chi connectivity index (χ1n) is 4.46. The number of methoxy groups -OCH3 is 1. The summed E-state index contributed by atoms with van der Waals surface area (Å²) in [5.41, 5.74) is 1.60. The second-order valence-electron chi connectivity index (χ2n) is 2.55. The number of hydrogen-bond donors (Lipinski definition) is 0. The second kappa shape index (κ2) is 5.57. The van der Waals surface area contributed by atoms with Gasteiger partial charge < -0.3 is 4.74 Å². The molecule has 0 saturated heterocycles. The molecule has 1 nitrogen and oxygen atoms in total. The molecule has 0 spiro atoms. The lowest BCUT2D eigenvalue weighted by Gasteiger charge is -2.04. The van der Waals surface area contributed by atoms with Crippen molar-refractivity contribution in [3.8, 4) is 5.75 Å². The predicted octanol–water partition coefficient (Wildman–Crippen LogP) is 3.48. The highest BCUT2D eigenvalue weighted by Gasteiger charge is 2.02. The van der Waals surface area contributed by atoms with Gasteiger partial charge in [-0.25, -0.2) is 4.39 Å². The molecule has 0 radical (unpaired) electrons. The van der Waals surface area contributed by atoms with Crippen molar-refractivity contribution in [1.29, 1.82) is 0 Å². The van der Waals surface area contributed by atoms with E-state index in [4.69, 9.17) is 4.74 Å². The number of halogens is 1. The summed E-state index contributed by atoms with van der Waals surface area (Å²) in [6.45, 7) is 7.62. The van der Waals surface area contributed by atoms with E-state index in [1.807, 2.05) is 26.8 Å². The Labute approximate surface area is 79.5 Å². The zero-order chi connectivity index (χ0) is 10.4. The molecule has 0 saturated carbocycles. The standard InChI is InChI=1S/C9H11FO.C2H6/c1-6-4-8(11-3)5-9(10)7(6)2;1-2/h4-5H,1-3H3;1-2H3. The zero-order valence-electron chi connectivity index (χ0n) is 8.94. The molecule has 0 atom stereocenters. The lowest BCUT2D eigenvalue weighted by molar-refractivity contribution is 0.410. The SMILES string of the molecule is CC.COc1cc(C)c(C)c(F)c1. The third-order valence-electron chi connectivity index (χ3n) is 1.81. The molecule has 0 aromatic heterocycles. The van der Waals surface area contributed by atoms with Crippen molar-refractivity contribution < 1.29 is 9.13 Å². The second-order valence-corrected chi connectivity index (χ2v) is 2.55. The van der Waals surface area contributed by atoms with E-state index < -0.39 is 0 Å². The third kappa shape index (κ3) is 3.05. The maximum absolute atomic E-state index is 12.9. The fraction of sp³-hybridized carbons (Fsp3) is 0.455. The molecule has 1 rings (SSSR count). The Balaban J connectivity index is 0.000000671. The summed E-state index contributed by atoms with van der Waals surface area (Å²) in [5.74, 6) is 0.368. The van der Waals surface area contributed by atoms with E-state index >= 15 is 0 Å². The maximum Gasteiger partial charge on any atom is 0.130 e. The average Bonchev–Trinajstić information content (AvgIpc) is 2.16. The van der Waals surface area contributed by atoms with Crippen LogP contribution in [0.5, 0.6) is 5.75 Å². The summed E-state index contributed by atoms with van der Waals surface area (Å²) in [6.07, 6.45) is 0. The van der Waals surface area contributed by atoms with E-state index in [1.54, 1.807) is 6.92 Å². The number of aryl methyl sites for hydroxylation is 1. The quantitative estimate of drug-likeness (QED) is 0.649. The summed E-state index contributed by atoms with van der Waals surface area (Å²) in [4.78, 5) is 0. The van der Waals surface area contributed by atoms with Gasteiger partial charge in [-0.1, -0.05) is 13.8 Å². The normalized spacial score (nSPS) is 8.77. The molecule has 0 aliphatic heterocycles. The molecule has 0 heterocycles. The van der Waals surface area contributed by atoms with E-state index in [2.05, 4.69) is 0 Å². The zero-order valence-corrected chi connectivity index (χ0v) is 8.94. The Morgan fingerprint density at radius 3 is 2.08 bits per heavy atom. The highest BCUT2D eigenvalue weighted by Crippen LogP contribution is 2.19. The molecule has 1 aromatic carbocycles. The van der Waals surface area contributed by atoms with Gasteiger partial charge in [0.2, 0.25) is 0 Å². The topological polar surface area (TPSA) is 9.23 Å². The monoisotopic (exact) mass is 184 g/mol. The highest BCUT2D eigenvalue weighted by molar-refractivity contribution is 5.35. The molecule has 0 bridgehead atoms. The minimum absolute atomic E-state index is 0.207. The Morgan fingerprint density at radius 2 is 1.69 bits per heavy atom. The molecular formula is C11H17FO. The van der Waals surface area contributed by atoms with Crippen molar-refractivity contribution in [1.82, 2.24) is 0 Å². The minimum Gasteiger partial charge on any atom is -0.497 e. The Morgan fingerprint density at radius 1 is 1.15 bits per heavy atom. The lowest BCUT2D eigenvalue weighted by atomic mass is 10.1. The van der Waals surface area contributed by atoms with E-state index in [1.165, 1.54) is 13.2 Å². The van der Waals surface area contributed by atoms with Crippen molar-refractivity contribution in [2.75, 3.05) is 7.11 Å². The van der Waals surface area contributed by atoms with Gasteiger partial charge >= 0.3 is 0 Å². The van der Waals surface area contributed by atoms with Gasteiger partial charge in [0, 0.05) is 6.07 Å². The summed E-state index contributed by atoms with van der Waals surface area (Å²) in [7, 11) is 1.53. The summed E-state index contributed by atoms with van der Waals surface area (Å²) >= 11 is 0. The predicted molar refractivity (Wildman–Crippen MR) is 53.8 cm³/mol. The Hall–Kier alpha value is -1.05. The van der Waals surface area contributed by atoms with Crippen molar-refractivity contribution in [2.45, 2.75) is 27.7 Å². The van der Waals surface area contributed by atoms with Gasteiger partial charge in [-0.15, -0.1) is 0 Å². The van der Waals surface area contributed by atoms with Crippen LogP contribution in [0.4, 0.5) is 4.39 Å². The van der Waals surface area contributed by atoms with Crippen LogP contribution in [-0.2, 0) is 0 Å². The van der Waals surface area contributed by atoms with Gasteiger partial charge in [-0.05, 0) is 31.0 Å². The first-order chi connectivity index (χ1) is 6.15. The van der Waals surface area contributed by atoms with Gasteiger partial charge in [0.1, 0.15) is 11.6 Å². The summed E-state index contributed by atoms with van der Waals surface area (Å²) < 4.78 is 17.8. The molecular weight excluding hydrogens is 167 g/mol. The molecule has 0 unspecified atom stereocenters. The van der Waals surface area contributed by atoms with Crippen LogP contribution in [0.1, 0.15) is 25.0 Å². The molecule has 0 fully saturated rings. The molecule has 0 amide bonds. The van der Waals surface area contributed by atoms with Crippen LogP contribution in [0.15, 0.2) is 12.1 Å². The van der Waals surface area contributed by atoms with Crippen LogP contribution in [0.2, 0.25) is 0 Å². The van der Waals surface area contributed by atoms with Crippen LogP contribution in [0.25, 0.3) is 0 Å². The van der Waals surface area contributed by atoms with Crippen molar-refractivity contribution in [3.63, 3.8) is 0 Å². The molecule has 0 aliphatic carbocycles. The van der Waals surface area contributed by atoms with E-state index in [0.29, 0.717) is 11.3 Å². The van der Waals surface area contributed by atoms with E-state index in [0.717, 1.165) is 5.56 Å². The maximum atomic E-state index is 12.9. The number of rotatable bonds is 1. The van der Waals surface area contributed by atoms with Gasteiger partial charge in [0.25, 0.3) is 0 Å². The van der Waals surface area contributed by atoms with Crippen LogP contribution in [0.3, 0.4) is 0 Å². The third-order valence-corrected chi connectivity index (χ3v) is 1.81. The first-order valence-corrected chi connectivity index (χ1v) is 4.46. The van der Waals surface area contributed by atoms with Crippen LogP contribution >= 0.6 is 0 Å². The number of benzene rings is 1. The number of hydrogen-bond acceptors (Lipinski definition) is 1. The summed E-state index contributed by atoms with van der Waals surface area (Å²) in [5, 5.41) is 0. The van der Waals surface area contributed by atoms with E-state index in [-0.39, 0.29) is 5.82 Å². The van der Waals surface area contributed by atoms with Gasteiger partial charge in [0.05, 0.1) is 7.11 Å². The van der Waals surface area contributed by atoms with Crippen LogP contribution in [0, 0.1) is 19.7 Å². The van der Waals surface area contributed by atoms with Crippen LogP contribution < -0.4 is 4.74 Å². The average molecular weight is 184 g/mol. The molecule has 2 heteroatoms. The first kappa shape index (κ1) is 11.9. The van der Waals surface area contributed by atoms with Crippen LogP contribution in [-0.4, -0.2) is 7.11 Å². The number of ether oxygens (including phenoxy) is 1. The largest absolute Gasteiger partial charge is 0.497 e. The summed E-state index contributed by atoms with van der Waals surface area (Å²) in [6, 6.07) is 3.21. The Bertz CT molecular complexity index is 246. The van der Waals surface area contributed by atoms with E-state index in [9.17, 15) is 4.39 Å². The smallest absolute Gasteiger partial charge is 0.130 e. The molecule has 74 valence electrons. The van der Waals surface area contributed by atoms with Gasteiger partial charge in [-0.3, -0.25) is 0 Å². The fourth-order valence-electron chi connectivity index (χ4n) is 0.903. The fourth-order valence-corrected chi connectivity index (χ4v) is 0.903. The minimum atomic E-state index is -0.207. The van der Waals surface area contributed by atoms with Crippen molar-refractivity contribution >= 4 is 0 Å².